The number of hydrogen-bond acceptors (Lipinski definition) is 14. The molecule has 18 nitrogen and oxygen atoms in total. The number of aliphatic hydroxyl groups excluding tert-OH is 1. The van der Waals surface area contributed by atoms with Crippen molar-refractivity contribution in [1.82, 2.24) is 14.6 Å². The number of nitrogen functional groups attached to an aromatic ring is 1. The molecule has 1 aliphatic rings. The number of esters is 1. The minimum Gasteiger partial charge on any atom is -0.460 e. The fourth-order valence-corrected chi connectivity index (χ4v) is 8.71. The molecule has 2 aromatic carbocycles. The first kappa shape index (κ1) is 38.2. The third kappa shape index (κ3) is 10.0. The Morgan fingerprint density at radius 1 is 1.12 bits per heavy atom. The molecular weight excluding hydrogens is 716 g/mol. The number of nitrogens with two attached hydrogens (primary N) is 1. The number of rotatable bonds is 16. The van der Waals surface area contributed by atoms with Gasteiger partial charge in [-0.3, -0.25) is 13.9 Å². The van der Waals surface area contributed by atoms with E-state index >= 15 is 4.39 Å². The van der Waals surface area contributed by atoms with E-state index in [-0.39, 0.29) is 18.2 Å². The zero-order chi connectivity index (χ0) is 36.0. The number of hydrogen-bond donors (Lipinski definition) is 5. The Bertz CT molecular complexity index is 1840. The van der Waals surface area contributed by atoms with Gasteiger partial charge >= 0.3 is 35.1 Å². The standard InChI is InChI=1S/C27H32FN4O14P3/c1-3-27(28)23(33)21(43-25(27)32-15-14-22(29)30-26(32)35)17-42-48(37,38)46-49(39,40)45-47(36,44-20-12-8-5-9-13-20)31-18(2)24(34)41-16-19-10-6-4-7-11-19/h3-15,18,21,23,25,33H,1,16-17H2,2H3,(H,31,36)(H,37,38)(H,39,40)(H2,29,30,35)/t18-,21+,23?,25+,27?,47?/m0/s1. The summed E-state index contributed by atoms with van der Waals surface area (Å²) in [5.74, 6) is -1.35. The Hall–Kier alpha value is -3.57. The van der Waals surface area contributed by atoms with E-state index in [1.54, 1.807) is 36.4 Å². The topological polar surface area (TPSA) is 257 Å². The number of anilines is 1. The molecule has 0 radical (unpaired) electrons. The highest BCUT2D eigenvalue weighted by Gasteiger charge is 2.57. The van der Waals surface area contributed by atoms with Gasteiger partial charge in [0.15, 0.2) is 6.23 Å². The summed E-state index contributed by atoms with van der Waals surface area (Å²) in [6.45, 7) is 3.13. The van der Waals surface area contributed by atoms with Gasteiger partial charge in [-0.1, -0.05) is 55.1 Å². The van der Waals surface area contributed by atoms with Crippen molar-refractivity contribution in [3.05, 3.63) is 102 Å². The van der Waals surface area contributed by atoms with Crippen molar-refractivity contribution in [2.45, 2.75) is 43.7 Å². The molecule has 8 atom stereocenters. The van der Waals surface area contributed by atoms with Crippen molar-refractivity contribution in [3.8, 4) is 5.75 Å². The van der Waals surface area contributed by atoms with Crippen LogP contribution in [0, 0.1) is 0 Å². The summed E-state index contributed by atoms with van der Waals surface area (Å²) in [7, 11) is -16.7. The summed E-state index contributed by atoms with van der Waals surface area (Å²) in [6, 6.07) is 15.2. The van der Waals surface area contributed by atoms with Crippen LogP contribution in [0.25, 0.3) is 0 Å². The van der Waals surface area contributed by atoms with Gasteiger partial charge in [0.1, 0.15) is 36.4 Å². The average molecular weight is 748 g/mol. The number of carbonyl (C=O) groups is 1. The molecule has 4 rings (SSSR count). The van der Waals surface area contributed by atoms with Gasteiger partial charge in [0, 0.05) is 6.20 Å². The maximum Gasteiger partial charge on any atom is 0.490 e. The first-order valence-corrected chi connectivity index (χ1v) is 18.6. The summed E-state index contributed by atoms with van der Waals surface area (Å²) in [6.07, 6.45) is -4.20. The van der Waals surface area contributed by atoms with E-state index in [2.05, 4.69) is 29.8 Å². The Morgan fingerprint density at radius 3 is 2.37 bits per heavy atom. The Labute approximate surface area is 278 Å². The lowest BCUT2D eigenvalue weighted by Gasteiger charge is -2.25. The van der Waals surface area contributed by atoms with Crippen LogP contribution in [0.2, 0.25) is 0 Å². The van der Waals surface area contributed by atoms with Gasteiger partial charge in [-0.2, -0.15) is 18.7 Å². The van der Waals surface area contributed by atoms with E-state index in [0.717, 1.165) is 12.3 Å². The van der Waals surface area contributed by atoms with Gasteiger partial charge in [0.25, 0.3) is 0 Å². The number of aromatic nitrogens is 2. The largest absolute Gasteiger partial charge is 0.490 e. The lowest BCUT2D eigenvalue weighted by atomic mass is 9.96. The van der Waals surface area contributed by atoms with Crippen molar-refractivity contribution in [2.75, 3.05) is 12.3 Å². The van der Waals surface area contributed by atoms with E-state index in [9.17, 15) is 38.2 Å². The van der Waals surface area contributed by atoms with Crippen LogP contribution in [0.4, 0.5) is 10.2 Å². The SMILES string of the molecule is C=CC1(F)C(O)[C@@H](COP(=O)(O)OP(=O)(O)OP(=O)(N[C@@H](C)C(=O)OCc2ccccc2)Oc2ccccc2)O[C@H]1n1ccc(N)nc1=O. The van der Waals surface area contributed by atoms with Gasteiger partial charge in [-0.05, 0) is 36.8 Å². The first-order chi connectivity index (χ1) is 23.0. The molecule has 49 heavy (non-hydrogen) atoms. The molecule has 1 aromatic heterocycles. The van der Waals surface area contributed by atoms with Crippen molar-refractivity contribution < 1.29 is 64.9 Å². The Kier molecular flexibility index (Phi) is 12.1. The van der Waals surface area contributed by atoms with E-state index in [1.165, 1.54) is 31.2 Å². The van der Waals surface area contributed by atoms with Crippen LogP contribution < -0.4 is 21.0 Å². The van der Waals surface area contributed by atoms with Crippen molar-refractivity contribution in [2.24, 2.45) is 0 Å². The van der Waals surface area contributed by atoms with Crippen LogP contribution in [-0.2, 0) is 47.7 Å². The van der Waals surface area contributed by atoms with E-state index in [1.807, 2.05) is 0 Å². The van der Waals surface area contributed by atoms with Crippen LogP contribution >= 0.6 is 23.4 Å². The third-order valence-electron chi connectivity index (χ3n) is 6.62. The number of benzene rings is 2. The molecule has 266 valence electrons. The Balaban J connectivity index is 1.45. The van der Waals surface area contributed by atoms with Gasteiger partial charge in [0.2, 0.25) is 5.67 Å². The lowest BCUT2D eigenvalue weighted by molar-refractivity contribution is -0.146. The molecule has 3 aromatic rings. The van der Waals surface area contributed by atoms with E-state index in [0.29, 0.717) is 16.2 Å². The molecule has 5 unspecified atom stereocenters. The molecule has 1 aliphatic heterocycles. The van der Waals surface area contributed by atoms with Crippen LogP contribution in [0.1, 0.15) is 18.7 Å². The normalized spacial score (nSPS) is 24.9. The highest BCUT2D eigenvalue weighted by Crippen LogP contribution is 2.67. The van der Waals surface area contributed by atoms with Gasteiger partial charge in [-0.25, -0.2) is 22.9 Å². The second kappa shape index (κ2) is 15.5. The monoisotopic (exact) mass is 748 g/mol. The third-order valence-corrected chi connectivity index (χ3v) is 11.6. The molecule has 1 fully saturated rings. The first-order valence-electron chi connectivity index (χ1n) is 14.0. The van der Waals surface area contributed by atoms with Crippen molar-refractivity contribution in [1.29, 1.82) is 0 Å². The number of phosphoric ester groups is 1. The molecule has 0 aliphatic carbocycles. The van der Waals surface area contributed by atoms with Crippen LogP contribution in [0.3, 0.4) is 0 Å². The predicted molar refractivity (Wildman–Crippen MR) is 168 cm³/mol. The smallest absolute Gasteiger partial charge is 0.460 e. The van der Waals surface area contributed by atoms with Crippen molar-refractivity contribution >= 4 is 35.2 Å². The summed E-state index contributed by atoms with van der Waals surface area (Å²) < 4.78 is 85.0. The van der Waals surface area contributed by atoms with E-state index in [4.69, 9.17) is 19.7 Å². The molecular formula is C27H32FN4O14P3. The molecule has 2 heterocycles. The summed E-state index contributed by atoms with van der Waals surface area (Å²) in [5.41, 5.74) is 2.14. The summed E-state index contributed by atoms with van der Waals surface area (Å²) in [5, 5.41) is 12.7. The second-order valence-electron chi connectivity index (χ2n) is 10.3. The second-order valence-corrected chi connectivity index (χ2v) is 15.2. The minimum absolute atomic E-state index is 0.173. The number of phosphoric acid groups is 2. The van der Waals surface area contributed by atoms with Gasteiger partial charge in [-0.15, -0.1) is 0 Å². The molecule has 6 N–H and O–H groups in total. The maximum atomic E-state index is 15.7. The molecule has 0 saturated carbocycles. The van der Waals surface area contributed by atoms with E-state index < -0.39 is 71.8 Å². The molecule has 0 bridgehead atoms. The summed E-state index contributed by atoms with van der Waals surface area (Å²) >= 11 is 0. The van der Waals surface area contributed by atoms with Gasteiger partial charge < -0.3 is 34.6 Å². The van der Waals surface area contributed by atoms with Crippen LogP contribution in [0.15, 0.2) is 90.4 Å². The van der Waals surface area contributed by atoms with Crippen LogP contribution in [-0.4, -0.2) is 60.9 Å². The van der Waals surface area contributed by atoms with Crippen molar-refractivity contribution in [3.63, 3.8) is 0 Å². The number of carbonyl (C=O) groups excluding carboxylic acids is 1. The number of nitrogens with one attached hydrogen (secondary N) is 1. The quantitative estimate of drug-likeness (QED) is 0.0801. The van der Waals surface area contributed by atoms with Crippen LogP contribution in [0.5, 0.6) is 5.75 Å². The zero-order valence-electron chi connectivity index (χ0n) is 25.5. The molecule has 1 saturated heterocycles. The highest BCUT2D eigenvalue weighted by atomic mass is 31.3. The minimum atomic E-state index is -5.90. The molecule has 0 spiro atoms. The zero-order valence-corrected chi connectivity index (χ0v) is 28.1. The number of nitrogens with zero attached hydrogens (tertiary/aromatic N) is 2. The fourth-order valence-electron chi connectivity index (χ4n) is 4.31. The summed E-state index contributed by atoms with van der Waals surface area (Å²) in [4.78, 5) is 48.9. The number of halogens is 1. The highest BCUT2D eigenvalue weighted by molar-refractivity contribution is 7.68. The Morgan fingerprint density at radius 2 is 1.76 bits per heavy atom. The molecule has 22 heteroatoms. The number of alkyl halides is 1. The lowest BCUT2D eigenvalue weighted by Crippen LogP contribution is -2.43. The van der Waals surface area contributed by atoms with Gasteiger partial charge in [0.05, 0.1) is 6.61 Å². The number of aliphatic hydroxyl groups is 1. The number of ether oxygens (including phenoxy) is 2. The predicted octanol–water partition coefficient (Wildman–Crippen LogP) is 3.14. The average Bonchev–Trinajstić information content (AvgIpc) is 3.28. The number of para-hydroxylation sites is 1. The fraction of sp³-hybridized carbons (Fsp3) is 0.296. The maximum absolute atomic E-state index is 15.7. The molecule has 0 amide bonds.